The molecular weight excluding hydrogens is 334 g/mol. The van der Waals surface area contributed by atoms with E-state index in [1.807, 2.05) is 0 Å². The molecule has 0 spiro atoms. The van der Waals surface area contributed by atoms with E-state index in [0.29, 0.717) is 17.6 Å². The third-order valence-corrected chi connectivity index (χ3v) is 4.09. The molecule has 2 rings (SSSR count). The number of nitro benzene ring substituents is 1. The fourth-order valence-corrected chi connectivity index (χ4v) is 2.71. The Kier molecular flexibility index (Phi) is 4.46. The molecule has 0 unspecified atom stereocenters. The molecule has 1 aromatic carbocycles. The van der Waals surface area contributed by atoms with Crippen LogP contribution >= 0.6 is 27.3 Å². The summed E-state index contributed by atoms with van der Waals surface area (Å²) in [5, 5.41) is 15.7. The van der Waals surface area contributed by atoms with Crippen LogP contribution in [0.4, 0.5) is 5.69 Å². The van der Waals surface area contributed by atoms with Crippen LogP contribution in [0.2, 0.25) is 0 Å². The van der Waals surface area contributed by atoms with E-state index in [1.54, 1.807) is 17.5 Å². The third kappa shape index (κ3) is 3.49. The fraction of sp³-hybridized carbons (Fsp3) is 0.182. The highest BCUT2D eigenvalue weighted by Crippen LogP contribution is 2.28. The Hall–Kier alpha value is -1.51. The van der Waals surface area contributed by atoms with Gasteiger partial charge < -0.3 is 10.3 Å². The van der Waals surface area contributed by atoms with Gasteiger partial charge in [0, 0.05) is 30.2 Å². The Morgan fingerprint density at radius 2 is 2.21 bits per heavy atom. The van der Waals surface area contributed by atoms with E-state index in [1.165, 1.54) is 6.07 Å². The van der Waals surface area contributed by atoms with Gasteiger partial charge in [-0.3, -0.25) is 14.9 Å². The second-order valence-electron chi connectivity index (χ2n) is 3.78. The van der Waals surface area contributed by atoms with E-state index >= 15 is 0 Å². The van der Waals surface area contributed by atoms with E-state index in [4.69, 9.17) is 0 Å². The van der Waals surface area contributed by atoms with Crippen LogP contribution < -0.4 is 10.2 Å². The van der Waals surface area contributed by atoms with Crippen molar-refractivity contribution in [1.29, 1.82) is 0 Å². The Balaban J connectivity index is 2.02. The van der Waals surface area contributed by atoms with Crippen molar-refractivity contribution in [2.75, 3.05) is 0 Å². The number of thiazole rings is 1. The van der Waals surface area contributed by atoms with Gasteiger partial charge in [-0.15, -0.1) is 0 Å². The van der Waals surface area contributed by atoms with Gasteiger partial charge in [-0.25, -0.2) is 0 Å². The topological polar surface area (TPSA) is 88.0 Å². The molecule has 0 aliphatic heterocycles. The van der Waals surface area contributed by atoms with Crippen LogP contribution in [0.15, 0.2) is 32.8 Å². The van der Waals surface area contributed by atoms with E-state index in [-0.39, 0.29) is 10.6 Å². The third-order valence-electron chi connectivity index (χ3n) is 2.46. The zero-order valence-corrected chi connectivity index (χ0v) is 12.1. The summed E-state index contributed by atoms with van der Waals surface area (Å²) < 4.78 is 0.478. The number of aromatic nitrogens is 1. The lowest BCUT2D eigenvalue weighted by molar-refractivity contribution is -0.385. The molecular formula is C11H10BrN3O3S. The minimum Gasteiger partial charge on any atom is -0.315 e. The number of nitro groups is 1. The lowest BCUT2D eigenvalue weighted by Gasteiger charge is -2.06. The van der Waals surface area contributed by atoms with Crippen LogP contribution in [0.3, 0.4) is 0 Å². The number of nitrogens with one attached hydrogen (secondary N) is 2. The average Bonchev–Trinajstić information content (AvgIpc) is 2.77. The van der Waals surface area contributed by atoms with Crippen molar-refractivity contribution < 1.29 is 4.92 Å². The zero-order valence-electron chi connectivity index (χ0n) is 9.68. The number of benzene rings is 1. The van der Waals surface area contributed by atoms with Gasteiger partial charge >= 0.3 is 4.87 Å². The molecule has 19 heavy (non-hydrogen) atoms. The van der Waals surface area contributed by atoms with Crippen molar-refractivity contribution in [3.8, 4) is 0 Å². The summed E-state index contributed by atoms with van der Waals surface area (Å²) in [7, 11) is 0. The van der Waals surface area contributed by atoms with Crippen LogP contribution in [0.1, 0.15) is 11.3 Å². The van der Waals surface area contributed by atoms with Crippen LogP contribution in [0, 0.1) is 10.1 Å². The van der Waals surface area contributed by atoms with Crippen LogP contribution in [-0.4, -0.2) is 9.91 Å². The van der Waals surface area contributed by atoms with Crippen molar-refractivity contribution >= 4 is 33.0 Å². The summed E-state index contributed by atoms with van der Waals surface area (Å²) in [6.45, 7) is 0.980. The molecule has 6 nitrogen and oxygen atoms in total. The van der Waals surface area contributed by atoms with Crippen molar-refractivity contribution in [3.63, 3.8) is 0 Å². The fourth-order valence-electron chi connectivity index (χ4n) is 1.58. The van der Waals surface area contributed by atoms with Gasteiger partial charge in [-0.05, 0) is 21.5 Å². The second kappa shape index (κ2) is 6.09. The number of hydrogen-bond acceptors (Lipinski definition) is 5. The van der Waals surface area contributed by atoms with E-state index < -0.39 is 4.92 Å². The van der Waals surface area contributed by atoms with Gasteiger partial charge in [0.1, 0.15) is 0 Å². The monoisotopic (exact) mass is 343 g/mol. The summed E-state index contributed by atoms with van der Waals surface area (Å²) in [5.74, 6) is 0. The maximum absolute atomic E-state index is 10.9. The molecule has 0 atom stereocenters. The lowest BCUT2D eigenvalue weighted by atomic mass is 10.2. The van der Waals surface area contributed by atoms with Gasteiger partial charge in [0.2, 0.25) is 0 Å². The highest BCUT2D eigenvalue weighted by Gasteiger charge is 2.14. The SMILES string of the molecule is O=c1[nH]c(CNCc2cccc([N+](=O)[O-])c2Br)cs1. The van der Waals surface area contributed by atoms with Gasteiger partial charge in [0.25, 0.3) is 5.69 Å². The molecule has 2 N–H and O–H groups in total. The molecule has 8 heteroatoms. The molecule has 1 aromatic heterocycles. The predicted octanol–water partition coefficient (Wildman–Crippen LogP) is 2.40. The molecule has 0 aliphatic rings. The molecule has 1 heterocycles. The first-order chi connectivity index (χ1) is 9.08. The smallest absolute Gasteiger partial charge is 0.304 e. The summed E-state index contributed by atoms with van der Waals surface area (Å²) in [6, 6.07) is 4.90. The minimum atomic E-state index is -0.427. The van der Waals surface area contributed by atoms with E-state index in [0.717, 1.165) is 22.6 Å². The van der Waals surface area contributed by atoms with E-state index in [2.05, 4.69) is 26.2 Å². The summed E-state index contributed by atoms with van der Waals surface area (Å²) in [5.41, 5.74) is 1.64. The zero-order chi connectivity index (χ0) is 13.8. The average molecular weight is 344 g/mol. The maximum Gasteiger partial charge on any atom is 0.304 e. The van der Waals surface area contributed by atoms with Crippen LogP contribution in [0.25, 0.3) is 0 Å². The molecule has 2 aromatic rings. The standard InChI is InChI=1S/C11H10BrN3O3S/c12-10-7(2-1-3-9(10)15(17)18)4-13-5-8-6-19-11(16)14-8/h1-3,6,13H,4-5H2,(H,14,16). The summed E-state index contributed by atoms with van der Waals surface area (Å²) in [6.07, 6.45) is 0. The number of hydrogen-bond donors (Lipinski definition) is 2. The Bertz CT molecular complexity index is 653. The first-order valence-electron chi connectivity index (χ1n) is 5.37. The van der Waals surface area contributed by atoms with Crippen molar-refractivity contribution in [3.05, 3.63) is 59.1 Å². The first kappa shape index (κ1) is 13.9. The highest BCUT2D eigenvalue weighted by molar-refractivity contribution is 9.10. The molecule has 0 radical (unpaired) electrons. The molecule has 0 saturated carbocycles. The van der Waals surface area contributed by atoms with Crippen molar-refractivity contribution in [2.24, 2.45) is 0 Å². The lowest BCUT2D eigenvalue weighted by Crippen LogP contribution is -2.14. The summed E-state index contributed by atoms with van der Waals surface area (Å²) >= 11 is 4.35. The molecule has 100 valence electrons. The molecule has 0 aliphatic carbocycles. The van der Waals surface area contributed by atoms with Gasteiger partial charge in [-0.1, -0.05) is 23.5 Å². The molecule has 0 saturated heterocycles. The highest BCUT2D eigenvalue weighted by atomic mass is 79.9. The number of nitrogens with zero attached hydrogens (tertiary/aromatic N) is 1. The predicted molar refractivity (Wildman–Crippen MR) is 76.3 cm³/mol. The largest absolute Gasteiger partial charge is 0.315 e. The molecule has 0 fully saturated rings. The quantitative estimate of drug-likeness (QED) is 0.644. The van der Waals surface area contributed by atoms with Crippen LogP contribution in [-0.2, 0) is 13.1 Å². The number of halogens is 1. The normalized spacial score (nSPS) is 10.6. The number of aromatic amines is 1. The van der Waals surface area contributed by atoms with Gasteiger partial charge in [0.05, 0.1) is 9.40 Å². The van der Waals surface area contributed by atoms with Gasteiger partial charge in [-0.2, -0.15) is 0 Å². The Morgan fingerprint density at radius 3 is 2.84 bits per heavy atom. The molecule has 0 bridgehead atoms. The maximum atomic E-state index is 10.9. The molecule has 0 amide bonds. The first-order valence-corrected chi connectivity index (χ1v) is 7.04. The Labute approximate surface area is 120 Å². The minimum absolute atomic E-state index is 0.0447. The van der Waals surface area contributed by atoms with Gasteiger partial charge in [0.15, 0.2) is 0 Å². The summed E-state index contributed by atoms with van der Waals surface area (Å²) in [4.78, 5) is 23.9. The Morgan fingerprint density at radius 1 is 1.42 bits per heavy atom. The van der Waals surface area contributed by atoms with Crippen molar-refractivity contribution in [1.82, 2.24) is 10.3 Å². The second-order valence-corrected chi connectivity index (χ2v) is 5.42. The van der Waals surface area contributed by atoms with E-state index in [9.17, 15) is 14.9 Å². The van der Waals surface area contributed by atoms with Crippen LogP contribution in [0.5, 0.6) is 0 Å². The number of rotatable bonds is 5. The van der Waals surface area contributed by atoms with Crippen molar-refractivity contribution in [2.45, 2.75) is 13.1 Å². The number of H-pyrrole nitrogens is 1.